The number of aromatic nitrogens is 1. The van der Waals surface area contributed by atoms with E-state index in [1.807, 2.05) is 41.7 Å². The lowest BCUT2D eigenvalue weighted by atomic mass is 9.82. The summed E-state index contributed by atoms with van der Waals surface area (Å²) in [6, 6.07) is 4.95. The number of likely N-dealkylation sites (N-methyl/N-ethyl adjacent to an activating group) is 1. The molecule has 1 unspecified atom stereocenters. The molecule has 2 amide bonds. The van der Waals surface area contributed by atoms with Gasteiger partial charge in [-0.05, 0) is 75.2 Å². The highest BCUT2D eigenvalue weighted by Gasteiger charge is 2.39. The molecule has 1 aromatic carbocycles. The number of carbonyl (C=O) groups excluding carboxylic acids is 5. The number of hydrogen-bond donors (Lipinski definition) is 3. The van der Waals surface area contributed by atoms with Crippen molar-refractivity contribution in [1.29, 1.82) is 0 Å². The van der Waals surface area contributed by atoms with Crippen molar-refractivity contribution >= 4 is 46.8 Å². The Morgan fingerprint density at radius 2 is 1.72 bits per heavy atom. The number of rotatable bonds is 23. The van der Waals surface area contributed by atoms with E-state index >= 15 is 0 Å². The van der Waals surface area contributed by atoms with Crippen LogP contribution in [0.5, 0.6) is 5.75 Å². The van der Waals surface area contributed by atoms with Crippen molar-refractivity contribution in [3.8, 4) is 5.75 Å². The first-order chi connectivity index (χ1) is 27.4. The molecule has 58 heavy (non-hydrogen) atoms. The molecule has 1 aliphatic rings. The van der Waals surface area contributed by atoms with E-state index in [4.69, 9.17) is 9.47 Å². The predicted molar refractivity (Wildman–Crippen MR) is 220 cm³/mol. The molecule has 14 nitrogen and oxygen atoms in total. The quantitative estimate of drug-likeness (QED) is 0.0809. The monoisotopic (exact) mass is 828 g/mol. The molecule has 1 fully saturated rings. The second-order valence-electron chi connectivity index (χ2n) is 16.1. The predicted octanol–water partition coefficient (Wildman–Crippen LogP) is 6.55. The summed E-state index contributed by atoms with van der Waals surface area (Å²) < 4.78 is 11.5. The molecule has 3 N–H and O–H groups in total. The van der Waals surface area contributed by atoms with Crippen molar-refractivity contribution in [3.05, 3.63) is 45.9 Å². The molecule has 3 rings (SSSR count). The van der Waals surface area contributed by atoms with Crippen LogP contribution >= 0.6 is 11.3 Å². The number of phenolic OH excluding ortho intramolecular Hbond substituents is 1. The van der Waals surface area contributed by atoms with Gasteiger partial charge in [-0.3, -0.25) is 33.7 Å². The number of nitrogens with zero attached hydrogens (tertiary/aromatic N) is 3. The Morgan fingerprint density at radius 1 is 1.03 bits per heavy atom. The number of nitrogens with one attached hydrogen (secondary N) is 1. The fourth-order valence-electron chi connectivity index (χ4n) is 7.42. The topological polar surface area (TPSA) is 193 Å². The maximum Gasteiger partial charge on any atom is 0.307 e. The fourth-order valence-corrected chi connectivity index (χ4v) is 8.26. The van der Waals surface area contributed by atoms with Crippen LogP contribution in [-0.4, -0.2) is 99.0 Å². The first-order valence-corrected chi connectivity index (χ1v) is 21.5. The number of ether oxygens (including phenoxy) is 2. The lowest BCUT2D eigenvalue weighted by Crippen LogP contribution is -2.50. The molecule has 0 spiro atoms. The first-order valence-electron chi connectivity index (χ1n) is 20.6. The molecule has 2 heterocycles. The molecular formula is C43H64N4O10S. The SMILES string of the molecule is CCCC(=O)OCN(C(=O)[C@@H](CC(=O)[C@H]1CCCCN1C)C(C)CC)[C@H](C[C@@H](OC(C)=O)c1nc(C(=O)N[C@@H](Cc2ccc(O)cc2)C[C@H](C)C(=O)O)cs1)C(C)C. The van der Waals surface area contributed by atoms with E-state index in [2.05, 4.69) is 15.2 Å². The van der Waals surface area contributed by atoms with E-state index < -0.39 is 53.8 Å². The molecule has 0 bridgehead atoms. The number of aliphatic carboxylic acids is 1. The second-order valence-corrected chi connectivity index (χ2v) is 17.0. The van der Waals surface area contributed by atoms with Crippen molar-refractivity contribution in [3.63, 3.8) is 0 Å². The molecule has 1 aliphatic heterocycles. The summed E-state index contributed by atoms with van der Waals surface area (Å²) in [5.74, 6) is -4.66. The molecule has 1 saturated heterocycles. The Kier molecular flexibility index (Phi) is 19.3. The van der Waals surface area contributed by atoms with Crippen LogP contribution in [0.2, 0.25) is 0 Å². The number of carbonyl (C=O) groups is 6. The molecular weight excluding hydrogens is 765 g/mol. The molecule has 7 atom stereocenters. The summed E-state index contributed by atoms with van der Waals surface area (Å²) >= 11 is 1.11. The normalized spacial score (nSPS) is 17.6. The van der Waals surface area contributed by atoms with Gasteiger partial charge in [0.1, 0.15) is 16.5 Å². The van der Waals surface area contributed by atoms with Crippen molar-refractivity contribution in [2.75, 3.05) is 20.3 Å². The Balaban J connectivity index is 1.95. The van der Waals surface area contributed by atoms with Gasteiger partial charge < -0.3 is 29.9 Å². The number of aromatic hydroxyl groups is 1. The largest absolute Gasteiger partial charge is 0.508 e. The Morgan fingerprint density at radius 3 is 2.31 bits per heavy atom. The van der Waals surface area contributed by atoms with Gasteiger partial charge in [0.15, 0.2) is 18.6 Å². The van der Waals surface area contributed by atoms with Gasteiger partial charge in [0, 0.05) is 49.6 Å². The maximum atomic E-state index is 14.8. The van der Waals surface area contributed by atoms with E-state index in [9.17, 15) is 39.0 Å². The molecule has 0 saturated carbocycles. The zero-order chi connectivity index (χ0) is 43.1. The number of carboxylic acid groups (broad SMARTS) is 1. The van der Waals surface area contributed by atoms with Gasteiger partial charge in [-0.25, -0.2) is 4.98 Å². The van der Waals surface area contributed by atoms with Gasteiger partial charge in [-0.2, -0.15) is 0 Å². The zero-order valence-electron chi connectivity index (χ0n) is 35.4. The third-order valence-electron chi connectivity index (χ3n) is 11.1. The van der Waals surface area contributed by atoms with Crippen molar-refractivity contribution < 1.29 is 48.5 Å². The van der Waals surface area contributed by atoms with Crippen LogP contribution in [0.1, 0.15) is 133 Å². The highest BCUT2D eigenvalue weighted by molar-refractivity contribution is 7.09. The molecule has 0 radical (unpaired) electrons. The van der Waals surface area contributed by atoms with Crippen LogP contribution < -0.4 is 5.32 Å². The first kappa shape index (κ1) is 48.0. The van der Waals surface area contributed by atoms with E-state index in [1.54, 1.807) is 19.1 Å². The number of esters is 2. The number of ketones is 1. The Bertz CT molecular complexity index is 1680. The molecule has 0 aliphatic carbocycles. The van der Waals surface area contributed by atoms with E-state index in [1.165, 1.54) is 29.3 Å². The van der Waals surface area contributed by atoms with Crippen LogP contribution in [0, 0.1) is 23.7 Å². The van der Waals surface area contributed by atoms with Gasteiger partial charge in [0.05, 0.1) is 12.0 Å². The zero-order valence-corrected chi connectivity index (χ0v) is 36.2. The minimum atomic E-state index is -1.00. The summed E-state index contributed by atoms with van der Waals surface area (Å²) in [6.45, 7) is 12.9. The summed E-state index contributed by atoms with van der Waals surface area (Å²) in [5, 5.41) is 24.1. The van der Waals surface area contributed by atoms with Crippen LogP contribution in [0.15, 0.2) is 29.6 Å². The number of carboxylic acids is 1. The highest BCUT2D eigenvalue weighted by Crippen LogP contribution is 2.34. The summed E-state index contributed by atoms with van der Waals surface area (Å²) in [7, 11) is 1.94. The van der Waals surface area contributed by atoms with Crippen molar-refractivity contribution in [2.45, 2.75) is 137 Å². The minimum Gasteiger partial charge on any atom is -0.508 e. The number of Topliss-reactive ketones (excluding diaryl/α,β-unsaturated/α-hetero) is 1. The van der Waals surface area contributed by atoms with Gasteiger partial charge in [0.25, 0.3) is 5.91 Å². The van der Waals surface area contributed by atoms with Crippen molar-refractivity contribution in [2.24, 2.45) is 23.7 Å². The van der Waals surface area contributed by atoms with E-state index in [0.29, 0.717) is 24.3 Å². The van der Waals surface area contributed by atoms with Crippen molar-refractivity contribution in [1.82, 2.24) is 20.1 Å². The van der Waals surface area contributed by atoms with Crippen LogP contribution in [0.3, 0.4) is 0 Å². The Hall–Kier alpha value is -4.37. The molecule has 15 heteroatoms. The van der Waals surface area contributed by atoms with Gasteiger partial charge in [0.2, 0.25) is 5.91 Å². The van der Waals surface area contributed by atoms with Crippen LogP contribution in [-0.2, 0) is 39.9 Å². The van der Waals surface area contributed by atoms with Gasteiger partial charge in [-0.15, -0.1) is 11.3 Å². The number of likely N-dealkylation sites (tertiary alicyclic amines) is 1. The lowest BCUT2D eigenvalue weighted by Gasteiger charge is -2.39. The average Bonchev–Trinajstić information content (AvgIpc) is 3.67. The maximum absolute atomic E-state index is 14.8. The number of thiazole rings is 1. The summed E-state index contributed by atoms with van der Waals surface area (Å²) in [6.07, 6.45) is 3.64. The highest BCUT2D eigenvalue weighted by atomic mass is 32.1. The summed E-state index contributed by atoms with van der Waals surface area (Å²) in [4.78, 5) is 87.4. The average molecular weight is 829 g/mol. The second kappa shape index (κ2) is 23.3. The third kappa shape index (κ3) is 14.5. The minimum absolute atomic E-state index is 0.0129. The van der Waals surface area contributed by atoms with E-state index in [0.717, 1.165) is 42.7 Å². The molecule has 322 valence electrons. The number of piperidine rings is 1. The number of phenols is 1. The molecule has 2 aromatic rings. The number of benzene rings is 1. The van der Waals surface area contributed by atoms with Gasteiger partial charge in [-0.1, -0.05) is 66.5 Å². The van der Waals surface area contributed by atoms with E-state index in [-0.39, 0.29) is 73.4 Å². The van der Waals surface area contributed by atoms with Gasteiger partial charge >= 0.3 is 17.9 Å². The smallest absolute Gasteiger partial charge is 0.307 e. The number of amides is 2. The van der Waals surface area contributed by atoms with Crippen LogP contribution in [0.4, 0.5) is 0 Å². The third-order valence-corrected chi connectivity index (χ3v) is 12.0. The standard InChI is InChI=1S/C43H64N4O10S/c1-9-13-39(51)56-25-47(42(53)33(27(5)10-2)22-37(50)35-14-11-12-19-46(35)8)36(26(3)4)23-38(57-29(7)48)41-45-34(24-58-41)40(52)44-31(20-28(6)43(54)55)21-30-15-17-32(49)18-16-30/h15-18,24,26-28,31,33,35-36,38,49H,9-14,19-23,25H2,1-8H3,(H,44,52)(H,54,55)/t27?,28-,31+,33-,35+,36+,38+/m0/s1. The Labute approximate surface area is 347 Å². The molecule has 1 aromatic heterocycles. The number of hydrogen-bond acceptors (Lipinski definition) is 12. The lowest BCUT2D eigenvalue weighted by molar-refractivity contribution is -0.161. The fraction of sp³-hybridized carbons (Fsp3) is 0.651. The summed E-state index contributed by atoms with van der Waals surface area (Å²) in [5.41, 5.74) is 0.830. The van der Waals surface area contributed by atoms with Crippen LogP contribution in [0.25, 0.3) is 0 Å².